The van der Waals surface area contributed by atoms with E-state index in [0.717, 1.165) is 47.7 Å². The number of carbonyl (C=O) groups excluding carboxylic acids is 2. The summed E-state index contributed by atoms with van der Waals surface area (Å²) in [6.45, 7) is 7.12. The van der Waals surface area contributed by atoms with E-state index in [1.165, 1.54) is 0 Å². The fraction of sp³-hybridized carbons (Fsp3) is 0.545. The van der Waals surface area contributed by atoms with Gasteiger partial charge < -0.3 is 14.8 Å². The molecule has 5 nitrogen and oxygen atoms in total. The van der Waals surface area contributed by atoms with Crippen LogP contribution in [-0.2, 0) is 19.1 Å². The molecule has 3 aliphatic rings. The van der Waals surface area contributed by atoms with E-state index in [4.69, 9.17) is 9.47 Å². The number of Topliss-reactive ketones (excluding diaryl/α,β-unsaturated/α-hetero) is 1. The second kappa shape index (κ2) is 7.48. The molecular formula is C22H27NO4S. The van der Waals surface area contributed by atoms with Crippen LogP contribution in [0.25, 0.3) is 0 Å². The molecule has 4 rings (SSSR count). The summed E-state index contributed by atoms with van der Waals surface area (Å²) in [4.78, 5) is 27.2. The second-order valence-corrected chi connectivity index (χ2v) is 9.66. The molecule has 0 spiro atoms. The number of allylic oxidation sites excluding steroid dienone is 3. The third-order valence-electron chi connectivity index (χ3n) is 5.71. The van der Waals surface area contributed by atoms with E-state index in [2.05, 4.69) is 19.2 Å². The SMILES string of the molecule is CC1=C(C(=O)OC[C@H]2CCCO2)[C@H](c2cccs2)C2=C(CC(C)(C)CC2=O)N1. The Morgan fingerprint density at radius 2 is 2.21 bits per heavy atom. The lowest BCUT2D eigenvalue weighted by Crippen LogP contribution is -2.38. The Balaban J connectivity index is 1.67. The number of nitrogens with one attached hydrogen (secondary N) is 1. The molecule has 2 atom stereocenters. The highest BCUT2D eigenvalue weighted by Crippen LogP contribution is 2.47. The molecule has 0 radical (unpaired) electrons. The van der Waals surface area contributed by atoms with Crippen molar-refractivity contribution in [1.29, 1.82) is 0 Å². The average Bonchev–Trinajstić information content (AvgIpc) is 3.31. The molecule has 0 unspecified atom stereocenters. The van der Waals surface area contributed by atoms with Crippen molar-refractivity contribution in [3.05, 3.63) is 44.9 Å². The van der Waals surface area contributed by atoms with Gasteiger partial charge >= 0.3 is 5.97 Å². The summed E-state index contributed by atoms with van der Waals surface area (Å²) in [7, 11) is 0. The van der Waals surface area contributed by atoms with E-state index in [0.29, 0.717) is 12.0 Å². The fourth-order valence-corrected chi connectivity index (χ4v) is 5.31. The quantitative estimate of drug-likeness (QED) is 0.771. The van der Waals surface area contributed by atoms with Gasteiger partial charge in [-0.1, -0.05) is 19.9 Å². The monoisotopic (exact) mass is 401 g/mol. The Bertz CT molecular complexity index is 844. The molecule has 1 N–H and O–H groups in total. The molecule has 0 aromatic carbocycles. The Kier molecular flexibility index (Phi) is 5.19. The number of hydrogen-bond donors (Lipinski definition) is 1. The van der Waals surface area contributed by atoms with Crippen LogP contribution in [-0.4, -0.2) is 31.1 Å². The number of rotatable bonds is 4. The first-order valence-corrected chi connectivity index (χ1v) is 10.8. The first kappa shape index (κ1) is 19.4. The molecule has 2 aliphatic heterocycles. The number of carbonyl (C=O) groups is 2. The number of dihydropyridines is 1. The van der Waals surface area contributed by atoms with Crippen LogP contribution in [0.4, 0.5) is 0 Å². The van der Waals surface area contributed by atoms with Gasteiger partial charge in [-0.15, -0.1) is 11.3 Å². The molecule has 150 valence electrons. The normalized spacial score (nSPS) is 26.9. The van der Waals surface area contributed by atoms with Gasteiger partial charge in [0.2, 0.25) is 0 Å². The molecule has 1 fully saturated rings. The van der Waals surface area contributed by atoms with Gasteiger partial charge in [-0.05, 0) is 43.0 Å². The number of hydrogen-bond acceptors (Lipinski definition) is 6. The van der Waals surface area contributed by atoms with E-state index in [1.807, 2.05) is 24.4 Å². The zero-order valence-corrected chi connectivity index (χ0v) is 17.5. The first-order chi connectivity index (χ1) is 13.4. The van der Waals surface area contributed by atoms with Crippen molar-refractivity contribution in [2.75, 3.05) is 13.2 Å². The van der Waals surface area contributed by atoms with Crippen LogP contribution in [0.5, 0.6) is 0 Å². The van der Waals surface area contributed by atoms with Gasteiger partial charge in [-0.3, -0.25) is 4.79 Å². The summed E-state index contributed by atoms with van der Waals surface area (Å²) >= 11 is 1.57. The van der Waals surface area contributed by atoms with Crippen LogP contribution in [0, 0.1) is 5.41 Å². The lowest BCUT2D eigenvalue weighted by Gasteiger charge is -2.39. The average molecular weight is 402 g/mol. The number of ketones is 1. The minimum Gasteiger partial charge on any atom is -0.459 e. The Morgan fingerprint density at radius 3 is 2.89 bits per heavy atom. The molecule has 1 saturated heterocycles. The van der Waals surface area contributed by atoms with Gasteiger partial charge in [-0.25, -0.2) is 4.79 Å². The van der Waals surface area contributed by atoms with Gasteiger partial charge in [0.1, 0.15) is 6.61 Å². The summed E-state index contributed by atoms with van der Waals surface area (Å²) < 4.78 is 11.2. The highest BCUT2D eigenvalue weighted by molar-refractivity contribution is 7.10. The number of thiophene rings is 1. The van der Waals surface area contributed by atoms with E-state index in [1.54, 1.807) is 11.3 Å². The Labute approximate surface area is 169 Å². The summed E-state index contributed by atoms with van der Waals surface area (Å²) in [5, 5.41) is 5.35. The standard InChI is InChI=1S/C22H27NO4S/c1-13-18(21(25)27-12-14-6-4-8-26-14)20(17-7-5-9-28-17)19-15(23-13)10-22(2,3)11-16(19)24/h5,7,9,14,20,23H,4,6,8,10-12H2,1-3H3/t14-,20+/m1/s1. The Hall–Kier alpha value is -1.92. The smallest absolute Gasteiger partial charge is 0.336 e. The van der Waals surface area contributed by atoms with Gasteiger partial charge in [0.05, 0.1) is 17.6 Å². The van der Waals surface area contributed by atoms with E-state index in [9.17, 15) is 9.59 Å². The largest absolute Gasteiger partial charge is 0.459 e. The maximum Gasteiger partial charge on any atom is 0.336 e. The third kappa shape index (κ3) is 3.67. The van der Waals surface area contributed by atoms with Crippen LogP contribution in [0.3, 0.4) is 0 Å². The van der Waals surface area contributed by atoms with Crippen molar-refractivity contribution in [3.8, 4) is 0 Å². The Morgan fingerprint density at radius 1 is 1.39 bits per heavy atom. The molecule has 0 saturated carbocycles. The summed E-state index contributed by atoms with van der Waals surface area (Å²) in [5.41, 5.74) is 2.93. The lowest BCUT2D eigenvalue weighted by molar-refractivity contribution is -0.142. The van der Waals surface area contributed by atoms with Crippen molar-refractivity contribution in [2.45, 2.75) is 58.5 Å². The molecule has 6 heteroatoms. The molecule has 1 aliphatic carbocycles. The maximum atomic E-state index is 13.1. The topological polar surface area (TPSA) is 64.6 Å². The second-order valence-electron chi connectivity index (χ2n) is 8.68. The summed E-state index contributed by atoms with van der Waals surface area (Å²) in [6, 6.07) is 3.96. The van der Waals surface area contributed by atoms with Gasteiger partial charge in [0.15, 0.2) is 5.78 Å². The third-order valence-corrected chi connectivity index (χ3v) is 6.65. The molecule has 3 heterocycles. The van der Waals surface area contributed by atoms with Gasteiger partial charge in [0.25, 0.3) is 0 Å². The predicted molar refractivity (Wildman–Crippen MR) is 108 cm³/mol. The molecular weight excluding hydrogens is 374 g/mol. The zero-order chi connectivity index (χ0) is 19.9. The van der Waals surface area contributed by atoms with Gasteiger partial charge in [-0.2, -0.15) is 0 Å². The molecule has 1 aromatic rings. The van der Waals surface area contributed by atoms with Gasteiger partial charge in [0, 0.05) is 34.9 Å². The molecule has 0 amide bonds. The van der Waals surface area contributed by atoms with Crippen LogP contribution in [0.1, 0.15) is 57.2 Å². The van der Waals surface area contributed by atoms with E-state index < -0.39 is 0 Å². The zero-order valence-electron chi connectivity index (χ0n) is 16.7. The first-order valence-electron chi connectivity index (χ1n) is 9.92. The van der Waals surface area contributed by atoms with E-state index in [-0.39, 0.29) is 35.8 Å². The summed E-state index contributed by atoms with van der Waals surface area (Å²) in [6.07, 6.45) is 3.19. The minimum atomic E-state index is -0.358. The minimum absolute atomic E-state index is 0.0199. The van der Waals surface area contributed by atoms with Crippen LogP contribution in [0.2, 0.25) is 0 Å². The summed E-state index contributed by atoms with van der Waals surface area (Å²) in [5.74, 6) is -0.589. The molecule has 0 bridgehead atoms. The number of esters is 1. The number of ether oxygens (including phenoxy) is 2. The highest BCUT2D eigenvalue weighted by Gasteiger charge is 2.43. The van der Waals surface area contributed by atoms with Crippen molar-refractivity contribution in [3.63, 3.8) is 0 Å². The van der Waals surface area contributed by atoms with Crippen molar-refractivity contribution >= 4 is 23.1 Å². The van der Waals surface area contributed by atoms with Crippen molar-refractivity contribution in [2.24, 2.45) is 5.41 Å². The lowest BCUT2D eigenvalue weighted by atomic mass is 9.70. The maximum absolute atomic E-state index is 13.1. The predicted octanol–water partition coefficient (Wildman–Crippen LogP) is 4.07. The molecule has 1 aromatic heterocycles. The van der Waals surface area contributed by atoms with E-state index >= 15 is 0 Å². The van der Waals surface area contributed by atoms with Crippen LogP contribution < -0.4 is 5.32 Å². The fourth-order valence-electron chi connectivity index (χ4n) is 4.47. The highest BCUT2D eigenvalue weighted by atomic mass is 32.1. The van der Waals surface area contributed by atoms with Crippen molar-refractivity contribution < 1.29 is 19.1 Å². The molecule has 28 heavy (non-hydrogen) atoms. The van der Waals surface area contributed by atoms with Crippen LogP contribution in [0.15, 0.2) is 40.1 Å². The van der Waals surface area contributed by atoms with Crippen LogP contribution >= 0.6 is 11.3 Å². The van der Waals surface area contributed by atoms with Crippen molar-refractivity contribution in [1.82, 2.24) is 5.32 Å².